The molecule has 2 saturated heterocycles. The lowest BCUT2D eigenvalue weighted by atomic mass is 9.73. The summed E-state index contributed by atoms with van der Waals surface area (Å²) in [5.41, 5.74) is 4.34. The van der Waals surface area contributed by atoms with Crippen molar-refractivity contribution in [2.45, 2.75) is 88.8 Å². The molecule has 0 saturated carbocycles. The fourth-order valence-electron chi connectivity index (χ4n) is 6.54. The Bertz CT molecular complexity index is 940. The Morgan fingerprint density at radius 1 is 1.03 bits per heavy atom. The third kappa shape index (κ3) is 4.42. The number of aliphatic hydroxyl groups is 1. The summed E-state index contributed by atoms with van der Waals surface area (Å²) >= 11 is 0. The molecule has 2 unspecified atom stereocenters. The molecule has 2 atom stereocenters. The zero-order chi connectivity index (χ0) is 23.0. The van der Waals surface area contributed by atoms with Crippen molar-refractivity contribution in [2.75, 3.05) is 6.61 Å². The summed E-state index contributed by atoms with van der Waals surface area (Å²) in [7, 11) is 0. The van der Waals surface area contributed by atoms with E-state index in [4.69, 9.17) is 4.74 Å². The van der Waals surface area contributed by atoms with Gasteiger partial charge in [0.1, 0.15) is 6.61 Å². The summed E-state index contributed by atoms with van der Waals surface area (Å²) in [6.07, 6.45) is 7.28. The van der Waals surface area contributed by atoms with Gasteiger partial charge in [-0.05, 0) is 66.7 Å². The minimum Gasteiger partial charge on any atom is -0.448 e. The van der Waals surface area contributed by atoms with Crippen LogP contribution in [0.3, 0.4) is 0 Å². The molecular weight excluding hydrogens is 410 g/mol. The summed E-state index contributed by atoms with van der Waals surface area (Å²) in [6.45, 7) is 4.83. The highest BCUT2D eigenvalue weighted by atomic mass is 16.6. The molecule has 0 radical (unpaired) electrons. The summed E-state index contributed by atoms with van der Waals surface area (Å²) in [6, 6.07) is 17.1. The molecule has 2 aliphatic heterocycles. The average Bonchev–Trinajstić information content (AvgIpc) is 3.10. The van der Waals surface area contributed by atoms with E-state index < -0.39 is 5.60 Å². The number of nitrogens with zero attached hydrogens (tertiary/aromatic N) is 1. The first-order chi connectivity index (χ1) is 16.0. The van der Waals surface area contributed by atoms with Crippen molar-refractivity contribution >= 4 is 6.09 Å². The van der Waals surface area contributed by atoms with Crippen molar-refractivity contribution in [1.82, 2.24) is 4.90 Å². The molecule has 1 aliphatic carbocycles. The van der Waals surface area contributed by atoms with Crippen molar-refractivity contribution in [3.63, 3.8) is 0 Å². The zero-order valence-electron chi connectivity index (χ0n) is 20.0. The normalized spacial score (nSPS) is 26.2. The van der Waals surface area contributed by atoms with Crippen molar-refractivity contribution in [3.05, 3.63) is 59.7 Å². The first kappa shape index (κ1) is 22.5. The Morgan fingerprint density at radius 3 is 2.18 bits per heavy atom. The second kappa shape index (κ2) is 9.13. The third-order valence-electron chi connectivity index (χ3n) is 8.06. The van der Waals surface area contributed by atoms with E-state index in [0.717, 1.165) is 38.5 Å². The van der Waals surface area contributed by atoms with Crippen molar-refractivity contribution in [3.8, 4) is 11.1 Å². The highest BCUT2D eigenvalue weighted by Crippen LogP contribution is 2.45. The lowest BCUT2D eigenvalue weighted by Gasteiger charge is -2.51. The third-order valence-corrected chi connectivity index (χ3v) is 8.06. The minimum absolute atomic E-state index is 0.0824. The van der Waals surface area contributed by atoms with Crippen LogP contribution in [0, 0.1) is 5.92 Å². The quantitative estimate of drug-likeness (QED) is 0.549. The van der Waals surface area contributed by atoms with Gasteiger partial charge in [-0.25, -0.2) is 4.79 Å². The molecule has 2 bridgehead atoms. The maximum absolute atomic E-state index is 13.3. The van der Waals surface area contributed by atoms with Gasteiger partial charge in [0, 0.05) is 18.0 Å². The van der Waals surface area contributed by atoms with Crippen molar-refractivity contribution in [2.24, 2.45) is 5.92 Å². The molecule has 1 amide bonds. The van der Waals surface area contributed by atoms with Crippen molar-refractivity contribution in [1.29, 1.82) is 0 Å². The average molecular weight is 448 g/mol. The first-order valence-corrected chi connectivity index (χ1v) is 12.8. The van der Waals surface area contributed by atoms with Gasteiger partial charge >= 0.3 is 6.09 Å². The van der Waals surface area contributed by atoms with Gasteiger partial charge in [-0.1, -0.05) is 75.2 Å². The fourth-order valence-corrected chi connectivity index (χ4v) is 6.54. The van der Waals surface area contributed by atoms with Gasteiger partial charge in [0.25, 0.3) is 0 Å². The molecule has 4 nitrogen and oxygen atoms in total. The molecule has 0 aromatic heterocycles. The second-order valence-corrected chi connectivity index (χ2v) is 10.9. The molecule has 3 aliphatic rings. The molecule has 2 aromatic rings. The van der Waals surface area contributed by atoms with Gasteiger partial charge < -0.3 is 14.7 Å². The number of fused-ring (bicyclic) bond motifs is 5. The number of hydrogen-bond donors (Lipinski definition) is 1. The van der Waals surface area contributed by atoms with E-state index >= 15 is 0 Å². The molecule has 4 heteroatoms. The van der Waals surface area contributed by atoms with Crippen LogP contribution in [-0.4, -0.2) is 40.4 Å². The van der Waals surface area contributed by atoms with Gasteiger partial charge in [-0.3, -0.25) is 0 Å². The number of ether oxygens (including phenoxy) is 1. The smallest absolute Gasteiger partial charge is 0.410 e. The molecule has 2 aromatic carbocycles. The van der Waals surface area contributed by atoms with Crippen LogP contribution in [0.4, 0.5) is 4.79 Å². The molecule has 5 rings (SSSR count). The molecule has 1 N–H and O–H groups in total. The van der Waals surface area contributed by atoms with Crippen LogP contribution in [-0.2, 0) is 4.74 Å². The predicted molar refractivity (Wildman–Crippen MR) is 131 cm³/mol. The second-order valence-electron chi connectivity index (χ2n) is 10.9. The zero-order valence-corrected chi connectivity index (χ0v) is 20.0. The number of hydrogen-bond acceptors (Lipinski definition) is 3. The van der Waals surface area contributed by atoms with Crippen LogP contribution in [0.15, 0.2) is 48.5 Å². The first-order valence-electron chi connectivity index (χ1n) is 12.8. The number of amides is 1. The number of rotatable bonds is 6. The Balaban J connectivity index is 1.26. The Hall–Kier alpha value is -2.33. The van der Waals surface area contributed by atoms with Crippen LogP contribution in [0.25, 0.3) is 11.1 Å². The summed E-state index contributed by atoms with van der Waals surface area (Å²) < 4.78 is 6.00. The largest absolute Gasteiger partial charge is 0.448 e. The molecule has 33 heavy (non-hydrogen) atoms. The SMILES string of the molecule is CC(C)CCCC1(O)CC2CCCC(C1)N2C(=O)OCC1c2ccccc2-c2ccccc21. The van der Waals surface area contributed by atoms with E-state index in [1.807, 2.05) is 4.90 Å². The Kier molecular flexibility index (Phi) is 6.22. The Morgan fingerprint density at radius 2 is 1.61 bits per heavy atom. The highest BCUT2D eigenvalue weighted by Gasteiger charge is 2.47. The molecule has 0 spiro atoms. The number of carbonyl (C=O) groups is 1. The Labute approximate surface area is 198 Å². The number of benzene rings is 2. The van der Waals surface area contributed by atoms with Crippen LogP contribution < -0.4 is 0 Å². The minimum atomic E-state index is -0.634. The lowest BCUT2D eigenvalue weighted by Crippen LogP contribution is -2.60. The highest BCUT2D eigenvalue weighted by molar-refractivity contribution is 5.79. The van der Waals surface area contributed by atoms with Crippen LogP contribution in [0.5, 0.6) is 0 Å². The van der Waals surface area contributed by atoms with E-state index in [1.165, 1.54) is 22.3 Å². The van der Waals surface area contributed by atoms with Gasteiger partial charge in [0.2, 0.25) is 0 Å². The van der Waals surface area contributed by atoms with Crippen LogP contribution >= 0.6 is 0 Å². The topological polar surface area (TPSA) is 49.8 Å². The van der Waals surface area contributed by atoms with Crippen molar-refractivity contribution < 1.29 is 14.6 Å². The van der Waals surface area contributed by atoms with Crippen LogP contribution in [0.1, 0.15) is 82.3 Å². The maximum Gasteiger partial charge on any atom is 0.410 e. The molecule has 2 fully saturated rings. The molecular formula is C29H37NO3. The van der Waals surface area contributed by atoms with Crippen LogP contribution in [0.2, 0.25) is 0 Å². The molecule has 176 valence electrons. The van der Waals surface area contributed by atoms with E-state index in [1.54, 1.807) is 0 Å². The van der Waals surface area contributed by atoms with E-state index in [9.17, 15) is 9.90 Å². The summed E-state index contributed by atoms with van der Waals surface area (Å²) in [5, 5.41) is 11.3. The number of carbonyl (C=O) groups excluding carboxylic acids is 1. The van der Waals surface area contributed by atoms with E-state index in [2.05, 4.69) is 62.4 Å². The van der Waals surface area contributed by atoms with Gasteiger partial charge in [0.15, 0.2) is 0 Å². The lowest BCUT2D eigenvalue weighted by molar-refractivity contribution is -0.0896. The molecule has 2 heterocycles. The summed E-state index contributed by atoms with van der Waals surface area (Å²) in [4.78, 5) is 15.3. The standard InChI is InChI=1S/C29H37NO3/c1-20(2)9-8-16-29(32)17-21-10-7-11-22(18-29)30(21)28(31)33-19-27-25-14-5-3-12-23(25)24-13-4-6-15-26(24)27/h3-6,12-15,20-22,27,32H,7-11,16-19H2,1-2H3. The van der Waals surface area contributed by atoms with Gasteiger partial charge in [-0.15, -0.1) is 0 Å². The summed E-state index contributed by atoms with van der Waals surface area (Å²) in [5.74, 6) is 0.743. The predicted octanol–water partition coefficient (Wildman–Crippen LogP) is 6.51. The maximum atomic E-state index is 13.3. The van der Waals surface area contributed by atoms with E-state index in [-0.39, 0.29) is 24.1 Å². The monoisotopic (exact) mass is 447 g/mol. The number of piperidine rings is 2. The van der Waals surface area contributed by atoms with E-state index in [0.29, 0.717) is 25.4 Å². The fraction of sp³-hybridized carbons (Fsp3) is 0.552. The van der Waals surface area contributed by atoms with Gasteiger partial charge in [0.05, 0.1) is 5.60 Å². The van der Waals surface area contributed by atoms with Gasteiger partial charge in [-0.2, -0.15) is 0 Å².